The standard InChI is InChI=1S/C29H25ClN2O3S/c30-25-12-5-20(6-13-25)18-32-27(33)19-36-29(32)23-9-7-22(8-10-23)28(34)31-15-16-35-26-14-11-21-3-1-2-4-24(21)17-26/h1-14,17,29H,15-16,18-19H2,(H,31,34)/t29-/m1/s1. The van der Waals surface area contributed by atoms with Gasteiger partial charge in [-0.05, 0) is 58.3 Å². The van der Waals surface area contributed by atoms with Gasteiger partial charge in [-0.3, -0.25) is 9.59 Å². The van der Waals surface area contributed by atoms with Crippen molar-refractivity contribution in [3.05, 3.63) is 113 Å². The highest BCUT2D eigenvalue weighted by Crippen LogP contribution is 2.39. The molecule has 0 aromatic heterocycles. The SMILES string of the molecule is O=C(NCCOc1ccc2ccccc2c1)c1ccc([C@H]2SCC(=O)N2Cc2ccc(Cl)cc2)cc1. The fourth-order valence-electron chi connectivity index (χ4n) is 4.18. The second-order valence-corrected chi connectivity index (χ2v) is 10.1. The van der Waals surface area contributed by atoms with Crippen LogP contribution in [0.3, 0.4) is 0 Å². The predicted molar refractivity (Wildman–Crippen MR) is 145 cm³/mol. The number of rotatable bonds is 8. The molecule has 1 saturated heterocycles. The van der Waals surface area contributed by atoms with E-state index in [0.29, 0.717) is 36.0 Å². The van der Waals surface area contributed by atoms with Crippen molar-refractivity contribution in [3.8, 4) is 5.75 Å². The van der Waals surface area contributed by atoms with Crippen LogP contribution in [0, 0.1) is 0 Å². The van der Waals surface area contributed by atoms with Crippen LogP contribution in [0.25, 0.3) is 10.8 Å². The van der Waals surface area contributed by atoms with E-state index < -0.39 is 0 Å². The van der Waals surface area contributed by atoms with Crippen LogP contribution < -0.4 is 10.1 Å². The molecule has 0 radical (unpaired) electrons. The van der Waals surface area contributed by atoms with Gasteiger partial charge in [-0.1, -0.05) is 66.2 Å². The molecule has 1 heterocycles. The Morgan fingerprint density at radius 3 is 2.50 bits per heavy atom. The lowest BCUT2D eigenvalue weighted by Gasteiger charge is -2.24. The molecule has 4 aromatic rings. The van der Waals surface area contributed by atoms with E-state index in [1.807, 2.05) is 77.7 Å². The van der Waals surface area contributed by atoms with E-state index in [2.05, 4.69) is 11.4 Å². The van der Waals surface area contributed by atoms with Gasteiger partial charge in [0.25, 0.3) is 5.91 Å². The van der Waals surface area contributed by atoms with Gasteiger partial charge >= 0.3 is 0 Å². The molecule has 4 aromatic carbocycles. The number of thioether (sulfide) groups is 1. The van der Waals surface area contributed by atoms with Gasteiger partial charge in [0.2, 0.25) is 5.91 Å². The molecule has 1 atom stereocenters. The highest BCUT2D eigenvalue weighted by Gasteiger charge is 2.32. The van der Waals surface area contributed by atoms with Crippen LogP contribution in [0.15, 0.2) is 91.0 Å². The van der Waals surface area contributed by atoms with Gasteiger partial charge in [0, 0.05) is 17.1 Å². The van der Waals surface area contributed by atoms with E-state index in [-0.39, 0.29) is 17.2 Å². The molecule has 5 rings (SSSR count). The Hall–Kier alpha value is -3.48. The van der Waals surface area contributed by atoms with Crippen LogP contribution in [0.5, 0.6) is 5.75 Å². The number of fused-ring (bicyclic) bond motifs is 1. The second kappa shape index (κ2) is 11.1. The third-order valence-corrected chi connectivity index (χ3v) is 7.58. The molecule has 0 bridgehead atoms. The Kier molecular flexibility index (Phi) is 7.44. The molecular weight excluding hydrogens is 492 g/mol. The van der Waals surface area contributed by atoms with Gasteiger partial charge in [0.05, 0.1) is 12.3 Å². The zero-order valence-electron chi connectivity index (χ0n) is 19.5. The molecule has 2 amide bonds. The first-order valence-corrected chi connectivity index (χ1v) is 13.1. The summed E-state index contributed by atoms with van der Waals surface area (Å²) < 4.78 is 5.80. The highest BCUT2D eigenvalue weighted by atomic mass is 35.5. The summed E-state index contributed by atoms with van der Waals surface area (Å²) in [7, 11) is 0. The average molecular weight is 517 g/mol. The predicted octanol–water partition coefficient (Wildman–Crippen LogP) is 6.08. The van der Waals surface area contributed by atoms with Crippen LogP contribution in [-0.2, 0) is 11.3 Å². The number of amides is 2. The minimum Gasteiger partial charge on any atom is -0.492 e. The smallest absolute Gasteiger partial charge is 0.251 e. The Morgan fingerprint density at radius 2 is 1.72 bits per heavy atom. The van der Waals surface area contributed by atoms with Crippen molar-refractivity contribution in [2.24, 2.45) is 0 Å². The molecule has 182 valence electrons. The Labute approximate surface area is 219 Å². The van der Waals surface area contributed by atoms with Gasteiger partial charge < -0.3 is 15.0 Å². The number of carbonyl (C=O) groups is 2. The molecule has 1 N–H and O–H groups in total. The first-order valence-electron chi connectivity index (χ1n) is 11.7. The summed E-state index contributed by atoms with van der Waals surface area (Å²) in [5.74, 6) is 1.17. The monoisotopic (exact) mass is 516 g/mol. The van der Waals surface area contributed by atoms with E-state index in [1.54, 1.807) is 23.9 Å². The molecule has 1 aliphatic heterocycles. The molecule has 36 heavy (non-hydrogen) atoms. The van der Waals surface area contributed by atoms with Crippen LogP contribution in [-0.4, -0.2) is 35.6 Å². The zero-order chi connectivity index (χ0) is 24.9. The topological polar surface area (TPSA) is 58.6 Å². The molecule has 0 unspecified atom stereocenters. The number of hydrogen-bond donors (Lipinski definition) is 1. The molecule has 0 aliphatic carbocycles. The van der Waals surface area contributed by atoms with Gasteiger partial charge in [-0.2, -0.15) is 0 Å². The summed E-state index contributed by atoms with van der Waals surface area (Å²) in [6.07, 6.45) is 0. The number of nitrogens with one attached hydrogen (secondary N) is 1. The Balaban J connectivity index is 1.14. The first kappa shape index (κ1) is 24.2. The minimum atomic E-state index is -0.156. The third-order valence-electron chi connectivity index (χ3n) is 6.07. The number of ether oxygens (including phenoxy) is 1. The number of benzene rings is 4. The summed E-state index contributed by atoms with van der Waals surface area (Å²) >= 11 is 7.58. The van der Waals surface area contributed by atoms with Gasteiger partial charge in [0.15, 0.2) is 0 Å². The van der Waals surface area contributed by atoms with Gasteiger partial charge in [-0.25, -0.2) is 0 Å². The molecule has 0 spiro atoms. The fourth-order valence-corrected chi connectivity index (χ4v) is 5.49. The Morgan fingerprint density at radius 1 is 0.972 bits per heavy atom. The quantitative estimate of drug-likeness (QED) is 0.288. The first-order chi connectivity index (χ1) is 17.6. The minimum absolute atomic E-state index is 0.0827. The van der Waals surface area contributed by atoms with Crippen molar-refractivity contribution in [3.63, 3.8) is 0 Å². The lowest BCUT2D eigenvalue weighted by atomic mass is 10.1. The fraction of sp³-hybridized carbons (Fsp3) is 0.172. The molecule has 1 aliphatic rings. The van der Waals surface area contributed by atoms with Crippen LogP contribution in [0.1, 0.15) is 26.9 Å². The van der Waals surface area contributed by atoms with Crippen LogP contribution in [0.4, 0.5) is 0 Å². The lowest BCUT2D eigenvalue weighted by Crippen LogP contribution is -2.28. The number of halogens is 1. The third kappa shape index (κ3) is 5.66. The normalized spacial score (nSPS) is 15.3. The highest BCUT2D eigenvalue weighted by molar-refractivity contribution is 8.00. The van der Waals surface area contributed by atoms with Crippen LogP contribution >= 0.6 is 23.4 Å². The van der Waals surface area contributed by atoms with Crippen LogP contribution in [0.2, 0.25) is 5.02 Å². The van der Waals surface area contributed by atoms with Crippen molar-refractivity contribution < 1.29 is 14.3 Å². The van der Waals surface area contributed by atoms with Crippen molar-refractivity contribution in [2.75, 3.05) is 18.9 Å². The maximum atomic E-state index is 12.6. The summed E-state index contributed by atoms with van der Waals surface area (Å²) in [5.41, 5.74) is 2.60. The summed E-state index contributed by atoms with van der Waals surface area (Å²) in [4.78, 5) is 27.0. The van der Waals surface area contributed by atoms with Crippen molar-refractivity contribution in [1.82, 2.24) is 10.2 Å². The van der Waals surface area contributed by atoms with Crippen molar-refractivity contribution >= 4 is 45.9 Å². The number of nitrogens with zero attached hydrogens (tertiary/aromatic N) is 1. The van der Waals surface area contributed by atoms with E-state index in [1.165, 1.54) is 0 Å². The molecule has 7 heteroatoms. The largest absolute Gasteiger partial charge is 0.492 e. The molecule has 1 fully saturated rings. The summed E-state index contributed by atoms with van der Waals surface area (Å²) in [6.45, 7) is 1.30. The van der Waals surface area contributed by atoms with E-state index in [4.69, 9.17) is 16.3 Å². The lowest BCUT2D eigenvalue weighted by molar-refractivity contribution is -0.128. The molecule has 0 saturated carbocycles. The van der Waals surface area contributed by atoms with Crippen molar-refractivity contribution in [2.45, 2.75) is 11.9 Å². The van der Waals surface area contributed by atoms with E-state index >= 15 is 0 Å². The van der Waals surface area contributed by atoms with E-state index in [9.17, 15) is 9.59 Å². The maximum absolute atomic E-state index is 12.6. The van der Waals surface area contributed by atoms with Crippen molar-refractivity contribution in [1.29, 1.82) is 0 Å². The molecule has 5 nitrogen and oxygen atoms in total. The zero-order valence-corrected chi connectivity index (χ0v) is 21.1. The summed E-state index contributed by atoms with van der Waals surface area (Å²) in [6, 6.07) is 29.1. The molecular formula is C29H25ClN2O3S. The number of hydrogen-bond acceptors (Lipinski definition) is 4. The Bertz CT molecular complexity index is 1380. The average Bonchev–Trinajstić information content (AvgIpc) is 3.27. The second-order valence-electron chi connectivity index (χ2n) is 8.55. The van der Waals surface area contributed by atoms with E-state index in [0.717, 1.165) is 27.6 Å². The number of carbonyl (C=O) groups excluding carboxylic acids is 2. The van der Waals surface area contributed by atoms with Gasteiger partial charge in [0.1, 0.15) is 17.7 Å². The summed E-state index contributed by atoms with van der Waals surface area (Å²) in [5, 5.41) is 5.77. The van der Waals surface area contributed by atoms with Gasteiger partial charge in [-0.15, -0.1) is 11.8 Å². The maximum Gasteiger partial charge on any atom is 0.251 e.